The first-order valence-corrected chi connectivity index (χ1v) is 10.9. The Morgan fingerprint density at radius 3 is 2.27 bits per heavy atom. The van der Waals surface area contributed by atoms with Gasteiger partial charge in [-0.05, 0) is 49.7 Å². The van der Waals surface area contributed by atoms with Gasteiger partial charge in [0.05, 0.1) is 22.6 Å². The topological polar surface area (TPSA) is 117 Å². The first kappa shape index (κ1) is 27.2. The van der Waals surface area contributed by atoms with Crippen molar-refractivity contribution in [1.82, 2.24) is 14.8 Å². The summed E-state index contributed by atoms with van der Waals surface area (Å²) in [6, 6.07) is 16.4. The molecule has 2 heterocycles. The summed E-state index contributed by atoms with van der Waals surface area (Å²) < 4.78 is 33.5. The van der Waals surface area contributed by atoms with E-state index in [2.05, 4.69) is 10.3 Å². The summed E-state index contributed by atoms with van der Waals surface area (Å²) in [4.78, 5) is 24.9. The normalized spacial score (nSPS) is 10.9. The average molecular weight is 533 g/mol. The Hall–Kier alpha value is -4.38. The number of carboxylic acids is 2. The Morgan fingerprint density at radius 2 is 1.70 bits per heavy atom. The van der Waals surface area contributed by atoms with Crippen molar-refractivity contribution in [1.29, 1.82) is 0 Å². The molecule has 37 heavy (non-hydrogen) atoms. The van der Waals surface area contributed by atoms with E-state index in [1.54, 1.807) is 29.2 Å². The van der Waals surface area contributed by atoms with Crippen LogP contribution in [0.2, 0.25) is 5.02 Å². The Labute approximate surface area is 214 Å². The van der Waals surface area contributed by atoms with Crippen LogP contribution in [0.4, 0.5) is 24.7 Å². The molecule has 192 valence electrons. The molecular formula is C25H20ClF3N4O4. The zero-order valence-corrected chi connectivity index (χ0v) is 20.2. The Morgan fingerprint density at radius 1 is 1.03 bits per heavy atom. The Bertz CT molecular complexity index is 1440. The summed E-state index contributed by atoms with van der Waals surface area (Å²) in [6.45, 7) is 3.92. The van der Waals surface area contributed by atoms with E-state index in [1.165, 1.54) is 6.07 Å². The van der Waals surface area contributed by atoms with Gasteiger partial charge in [-0.2, -0.15) is 18.3 Å². The lowest BCUT2D eigenvalue weighted by molar-refractivity contribution is -0.192. The number of carbonyl (C=O) groups is 2. The molecule has 0 unspecified atom stereocenters. The first-order chi connectivity index (χ1) is 17.4. The van der Waals surface area contributed by atoms with Gasteiger partial charge in [0.2, 0.25) is 0 Å². The van der Waals surface area contributed by atoms with Crippen LogP contribution < -0.4 is 5.32 Å². The number of anilines is 2. The molecule has 0 aliphatic heterocycles. The van der Waals surface area contributed by atoms with E-state index >= 15 is 0 Å². The third-order valence-corrected chi connectivity index (χ3v) is 5.30. The van der Waals surface area contributed by atoms with Crippen molar-refractivity contribution in [3.63, 3.8) is 0 Å². The van der Waals surface area contributed by atoms with Crippen molar-refractivity contribution in [2.45, 2.75) is 20.0 Å². The fourth-order valence-corrected chi connectivity index (χ4v) is 3.58. The highest BCUT2D eigenvalue weighted by Crippen LogP contribution is 2.36. The third kappa shape index (κ3) is 6.44. The molecule has 0 spiro atoms. The molecule has 0 amide bonds. The number of alkyl halides is 3. The van der Waals surface area contributed by atoms with E-state index in [1.807, 2.05) is 50.2 Å². The standard InChI is InChI=1S/C23H19ClN4O2.C2HF3O2/c1-14-6-3-4-8-20(14)28-22(21(15(2)27-28)16-7-5-11-25-13-16)26-19-10-9-17(24)12-18(19)23(29)30;3-2(4,5)1(6)7/h3-13,26H,1-2H3,(H,29,30);(H,6,7). The highest BCUT2D eigenvalue weighted by molar-refractivity contribution is 6.31. The molecule has 2 aromatic heterocycles. The lowest BCUT2D eigenvalue weighted by Crippen LogP contribution is -2.21. The minimum Gasteiger partial charge on any atom is -0.478 e. The largest absolute Gasteiger partial charge is 0.490 e. The van der Waals surface area contributed by atoms with Gasteiger partial charge in [0.25, 0.3) is 0 Å². The van der Waals surface area contributed by atoms with E-state index < -0.39 is 18.1 Å². The summed E-state index contributed by atoms with van der Waals surface area (Å²) >= 11 is 6.03. The van der Waals surface area contributed by atoms with Crippen molar-refractivity contribution >= 4 is 35.0 Å². The van der Waals surface area contributed by atoms with Crippen molar-refractivity contribution in [2.24, 2.45) is 0 Å². The highest BCUT2D eigenvalue weighted by atomic mass is 35.5. The SMILES string of the molecule is Cc1ccccc1-n1nc(C)c(-c2cccnc2)c1Nc1ccc(Cl)cc1C(=O)O.O=C(O)C(F)(F)F. The molecule has 3 N–H and O–H groups in total. The Balaban J connectivity index is 0.000000479. The molecule has 8 nitrogen and oxygen atoms in total. The van der Waals surface area contributed by atoms with E-state index in [9.17, 15) is 23.1 Å². The zero-order chi connectivity index (χ0) is 27.3. The van der Waals surface area contributed by atoms with Crippen molar-refractivity contribution in [3.05, 3.63) is 88.8 Å². The van der Waals surface area contributed by atoms with Crippen molar-refractivity contribution < 1.29 is 33.0 Å². The summed E-state index contributed by atoms with van der Waals surface area (Å²) in [7, 11) is 0. The number of carboxylic acid groups (broad SMARTS) is 2. The number of aliphatic carboxylic acids is 1. The maximum atomic E-state index is 11.8. The molecule has 0 atom stereocenters. The van der Waals surface area contributed by atoms with Crippen LogP contribution in [0.5, 0.6) is 0 Å². The quantitative estimate of drug-likeness (QED) is 0.277. The highest BCUT2D eigenvalue weighted by Gasteiger charge is 2.38. The maximum Gasteiger partial charge on any atom is 0.490 e. The predicted octanol–water partition coefficient (Wildman–Crippen LogP) is 6.28. The van der Waals surface area contributed by atoms with Gasteiger partial charge < -0.3 is 15.5 Å². The molecule has 4 rings (SSSR count). The van der Waals surface area contributed by atoms with Gasteiger partial charge in [-0.25, -0.2) is 14.3 Å². The van der Waals surface area contributed by atoms with Crippen molar-refractivity contribution in [3.8, 4) is 16.8 Å². The minimum atomic E-state index is -5.08. The summed E-state index contributed by atoms with van der Waals surface area (Å²) in [5.74, 6) is -3.17. The van der Waals surface area contributed by atoms with Crippen LogP contribution in [0.15, 0.2) is 67.0 Å². The second-order valence-corrected chi connectivity index (χ2v) is 8.11. The minimum absolute atomic E-state index is 0.0785. The van der Waals surface area contributed by atoms with Crippen LogP contribution in [-0.2, 0) is 4.79 Å². The van der Waals surface area contributed by atoms with E-state index in [0.717, 1.165) is 28.1 Å². The molecule has 4 aromatic rings. The summed E-state index contributed by atoms with van der Waals surface area (Å²) in [5, 5.41) is 25.2. The number of benzene rings is 2. The van der Waals surface area contributed by atoms with Crippen molar-refractivity contribution in [2.75, 3.05) is 5.32 Å². The number of aryl methyl sites for hydroxylation is 2. The second-order valence-electron chi connectivity index (χ2n) is 7.67. The lowest BCUT2D eigenvalue weighted by atomic mass is 10.1. The zero-order valence-electron chi connectivity index (χ0n) is 19.4. The van der Waals surface area contributed by atoms with E-state index in [-0.39, 0.29) is 5.56 Å². The summed E-state index contributed by atoms with van der Waals surface area (Å²) in [6.07, 6.45) is -1.61. The van der Waals surface area contributed by atoms with Crippen LogP contribution in [0.25, 0.3) is 16.8 Å². The Kier molecular flexibility index (Phi) is 8.18. The number of nitrogens with one attached hydrogen (secondary N) is 1. The van der Waals surface area contributed by atoms with E-state index in [0.29, 0.717) is 16.5 Å². The van der Waals surface area contributed by atoms with Gasteiger partial charge in [0.1, 0.15) is 5.82 Å². The number of rotatable bonds is 5. The molecule has 0 aliphatic rings. The number of aromatic carboxylic acids is 1. The fraction of sp³-hybridized carbons (Fsp3) is 0.120. The first-order valence-electron chi connectivity index (χ1n) is 10.6. The molecule has 0 aliphatic carbocycles. The van der Waals surface area contributed by atoms with Gasteiger partial charge in [0.15, 0.2) is 0 Å². The molecular weight excluding hydrogens is 513 g/mol. The molecule has 0 saturated carbocycles. The number of pyridine rings is 1. The number of nitrogens with zero attached hydrogens (tertiary/aromatic N) is 3. The number of para-hydroxylation sites is 1. The van der Waals surface area contributed by atoms with Gasteiger partial charge in [-0.3, -0.25) is 4.98 Å². The molecule has 2 aromatic carbocycles. The molecule has 0 fully saturated rings. The maximum absolute atomic E-state index is 11.8. The van der Waals surface area contributed by atoms with Gasteiger partial charge in [-0.1, -0.05) is 35.9 Å². The molecule has 12 heteroatoms. The van der Waals surface area contributed by atoms with Crippen LogP contribution in [0.1, 0.15) is 21.6 Å². The second kappa shape index (κ2) is 11.1. The lowest BCUT2D eigenvalue weighted by Gasteiger charge is -2.15. The summed E-state index contributed by atoms with van der Waals surface area (Å²) in [5.41, 5.74) is 4.95. The van der Waals surface area contributed by atoms with E-state index in [4.69, 9.17) is 26.6 Å². The predicted molar refractivity (Wildman–Crippen MR) is 132 cm³/mol. The number of hydrogen-bond donors (Lipinski definition) is 3. The number of hydrogen-bond acceptors (Lipinski definition) is 5. The molecule has 0 radical (unpaired) electrons. The third-order valence-electron chi connectivity index (χ3n) is 5.06. The van der Waals surface area contributed by atoms with Gasteiger partial charge in [0, 0.05) is 28.5 Å². The smallest absolute Gasteiger partial charge is 0.478 e. The molecule has 0 saturated heterocycles. The van der Waals surface area contributed by atoms with Crippen LogP contribution >= 0.6 is 11.6 Å². The number of aromatic nitrogens is 3. The fourth-order valence-electron chi connectivity index (χ4n) is 3.40. The monoisotopic (exact) mass is 532 g/mol. The van der Waals surface area contributed by atoms with Gasteiger partial charge >= 0.3 is 18.1 Å². The molecule has 0 bridgehead atoms. The van der Waals surface area contributed by atoms with Crippen LogP contribution in [-0.4, -0.2) is 43.1 Å². The number of halogens is 4. The van der Waals surface area contributed by atoms with Gasteiger partial charge in [-0.15, -0.1) is 0 Å². The average Bonchev–Trinajstić information content (AvgIpc) is 3.16. The van der Waals surface area contributed by atoms with Crippen LogP contribution in [0.3, 0.4) is 0 Å². The van der Waals surface area contributed by atoms with Crippen LogP contribution in [0, 0.1) is 13.8 Å².